The number of aliphatic carboxylic acids is 1. The Hall–Kier alpha value is -1.19. The van der Waals surface area contributed by atoms with Gasteiger partial charge in [0.1, 0.15) is 11.3 Å². The molecule has 6 N–H and O–H groups in total. The fourth-order valence-corrected chi connectivity index (χ4v) is 1.64. The maximum atomic E-state index is 10.6. The zero-order chi connectivity index (χ0) is 11.5. The highest BCUT2D eigenvalue weighted by Crippen LogP contribution is 2.08. The molecule has 0 radical (unpaired) electrons. The average Bonchev–Trinajstić information content (AvgIpc) is 1.96. The summed E-state index contributed by atoms with van der Waals surface area (Å²) in [7, 11) is -4.71. The van der Waals surface area contributed by atoms with Crippen LogP contribution in [0.3, 0.4) is 0 Å². The van der Waals surface area contributed by atoms with E-state index in [2.05, 4.69) is 5.73 Å². The van der Waals surface area contributed by atoms with Gasteiger partial charge in [-0.15, -0.1) is 0 Å². The summed E-state index contributed by atoms with van der Waals surface area (Å²) < 4.78 is 29.8. The van der Waals surface area contributed by atoms with E-state index in [9.17, 15) is 18.0 Å². The molecule has 14 heavy (non-hydrogen) atoms. The monoisotopic (exact) mass is 226 g/mol. The molecule has 2 atom stereocenters. The minimum absolute atomic E-state index is 0.841. The summed E-state index contributed by atoms with van der Waals surface area (Å²) in [5.74, 6) is -2.71. The van der Waals surface area contributed by atoms with Crippen molar-refractivity contribution in [1.82, 2.24) is 0 Å². The summed E-state index contributed by atoms with van der Waals surface area (Å²) in [4.78, 5) is 20.7. The lowest BCUT2D eigenvalue weighted by molar-refractivity contribution is -0.138. The molecule has 0 rings (SSSR count). The van der Waals surface area contributed by atoms with Crippen molar-refractivity contribution in [2.24, 2.45) is 11.5 Å². The molecule has 9 heteroatoms. The first-order valence-electron chi connectivity index (χ1n) is 3.39. The summed E-state index contributed by atoms with van der Waals surface area (Å²) in [5, 5.41) is 6.46. The molecule has 0 aromatic carbocycles. The third kappa shape index (κ3) is 3.68. The molecule has 82 valence electrons. The van der Waals surface area contributed by atoms with Crippen molar-refractivity contribution < 1.29 is 27.7 Å². The van der Waals surface area contributed by atoms with Gasteiger partial charge in [-0.3, -0.25) is 14.1 Å². The zero-order valence-electron chi connectivity index (χ0n) is 6.95. The van der Waals surface area contributed by atoms with Crippen LogP contribution in [0.15, 0.2) is 0 Å². The molecule has 0 fully saturated rings. The molecule has 0 saturated carbocycles. The Balaban J connectivity index is 4.92. The van der Waals surface area contributed by atoms with Crippen LogP contribution >= 0.6 is 0 Å². The summed E-state index contributed by atoms with van der Waals surface area (Å²) in [6.45, 7) is 0. The van der Waals surface area contributed by atoms with E-state index in [0.717, 1.165) is 0 Å². The predicted molar refractivity (Wildman–Crippen MR) is 44.8 cm³/mol. The second-order valence-corrected chi connectivity index (χ2v) is 4.22. The summed E-state index contributed by atoms with van der Waals surface area (Å²) >= 11 is 0. The molecular formula is C5H10N2O6S. The summed E-state index contributed by atoms with van der Waals surface area (Å²) in [6.07, 6.45) is -0.841. The van der Waals surface area contributed by atoms with E-state index in [4.69, 9.17) is 15.4 Å². The number of carbonyl (C=O) groups is 2. The highest BCUT2D eigenvalue weighted by molar-refractivity contribution is 7.86. The molecule has 1 unspecified atom stereocenters. The second kappa shape index (κ2) is 4.35. The predicted octanol–water partition coefficient (Wildman–Crippen LogP) is -2.47. The minimum atomic E-state index is -4.71. The lowest BCUT2D eigenvalue weighted by Crippen LogP contribution is -2.47. The highest BCUT2D eigenvalue weighted by atomic mass is 32.2. The fourth-order valence-electron chi connectivity index (χ4n) is 0.775. The third-order valence-electron chi connectivity index (χ3n) is 1.47. The maximum absolute atomic E-state index is 10.6. The van der Waals surface area contributed by atoms with E-state index in [1.807, 2.05) is 0 Å². The number of carboxylic acid groups (broad SMARTS) is 1. The van der Waals surface area contributed by atoms with Gasteiger partial charge in [0.2, 0.25) is 5.91 Å². The van der Waals surface area contributed by atoms with Crippen LogP contribution in [0.4, 0.5) is 0 Å². The molecule has 0 aromatic heterocycles. The standard InChI is InChI=1S/C5H10N2O6S/c6-3(8)1-2(14(11,12)13)4(7)5(9)10/h2,4H,1,7H2,(H2,6,8)(H,9,10)(H,11,12,13)/t2?,4-/m1/s1. The van der Waals surface area contributed by atoms with Gasteiger partial charge >= 0.3 is 5.97 Å². The van der Waals surface area contributed by atoms with Crippen LogP contribution in [0.1, 0.15) is 6.42 Å². The van der Waals surface area contributed by atoms with Crippen LogP contribution in [0.2, 0.25) is 0 Å². The molecule has 1 amide bonds. The van der Waals surface area contributed by atoms with Crippen molar-refractivity contribution in [2.75, 3.05) is 0 Å². The molecule has 0 heterocycles. The topological polar surface area (TPSA) is 161 Å². The van der Waals surface area contributed by atoms with Crippen LogP contribution in [0, 0.1) is 0 Å². The molecule has 0 aliphatic rings. The van der Waals surface area contributed by atoms with Gasteiger partial charge in [-0.2, -0.15) is 8.42 Å². The molecule has 0 aliphatic heterocycles. The van der Waals surface area contributed by atoms with Crippen molar-refractivity contribution >= 4 is 22.0 Å². The van der Waals surface area contributed by atoms with Gasteiger partial charge < -0.3 is 16.6 Å². The Labute approximate surface area is 79.6 Å². The largest absolute Gasteiger partial charge is 0.480 e. The van der Waals surface area contributed by atoms with Gasteiger partial charge in [-0.25, -0.2) is 0 Å². The second-order valence-electron chi connectivity index (χ2n) is 2.59. The number of nitrogens with two attached hydrogens (primary N) is 2. The van der Waals surface area contributed by atoms with Crippen molar-refractivity contribution in [3.8, 4) is 0 Å². The summed E-state index contributed by atoms with van der Waals surface area (Å²) in [5.41, 5.74) is 9.61. The molecule has 0 bridgehead atoms. The molecule has 0 saturated heterocycles. The van der Waals surface area contributed by atoms with Gasteiger partial charge in [0, 0.05) is 6.42 Å². The van der Waals surface area contributed by atoms with E-state index in [-0.39, 0.29) is 0 Å². The minimum Gasteiger partial charge on any atom is -0.480 e. The number of carbonyl (C=O) groups excluding carboxylic acids is 1. The van der Waals surface area contributed by atoms with E-state index < -0.39 is 39.7 Å². The molecule has 8 nitrogen and oxygen atoms in total. The Bertz CT molecular complexity index is 336. The average molecular weight is 226 g/mol. The smallest absolute Gasteiger partial charge is 0.321 e. The quantitative estimate of drug-likeness (QED) is 0.377. The number of hydrogen-bond donors (Lipinski definition) is 4. The van der Waals surface area contributed by atoms with Gasteiger partial charge in [0.05, 0.1) is 0 Å². The van der Waals surface area contributed by atoms with E-state index in [1.54, 1.807) is 0 Å². The molecule has 0 aliphatic carbocycles. The van der Waals surface area contributed by atoms with Gasteiger partial charge in [-0.1, -0.05) is 0 Å². The zero-order valence-corrected chi connectivity index (χ0v) is 7.77. The van der Waals surface area contributed by atoms with Crippen LogP contribution in [0.25, 0.3) is 0 Å². The van der Waals surface area contributed by atoms with Gasteiger partial charge in [0.25, 0.3) is 10.1 Å². The Morgan fingerprint density at radius 2 is 1.79 bits per heavy atom. The fraction of sp³-hybridized carbons (Fsp3) is 0.600. The Kier molecular flexibility index (Phi) is 3.98. The van der Waals surface area contributed by atoms with Crippen molar-refractivity contribution in [3.05, 3.63) is 0 Å². The molecular weight excluding hydrogens is 216 g/mol. The SMILES string of the molecule is NC(=O)CC([C@@H](N)C(=O)O)S(=O)(=O)O. The third-order valence-corrected chi connectivity index (χ3v) is 2.70. The Morgan fingerprint density at radius 3 is 2.00 bits per heavy atom. The Morgan fingerprint density at radius 1 is 1.36 bits per heavy atom. The van der Waals surface area contributed by atoms with Crippen LogP contribution < -0.4 is 11.5 Å². The first-order chi connectivity index (χ1) is 6.16. The highest BCUT2D eigenvalue weighted by Gasteiger charge is 2.35. The number of carboxylic acids is 1. The normalized spacial score (nSPS) is 15.9. The van der Waals surface area contributed by atoms with Gasteiger partial charge in [0.15, 0.2) is 0 Å². The van der Waals surface area contributed by atoms with Crippen molar-refractivity contribution in [2.45, 2.75) is 17.7 Å². The van der Waals surface area contributed by atoms with Crippen molar-refractivity contribution in [1.29, 1.82) is 0 Å². The molecule has 0 aromatic rings. The van der Waals surface area contributed by atoms with Gasteiger partial charge in [-0.05, 0) is 0 Å². The number of rotatable bonds is 5. The van der Waals surface area contributed by atoms with E-state index in [1.165, 1.54) is 0 Å². The van der Waals surface area contributed by atoms with Crippen LogP contribution in [-0.4, -0.2) is 41.2 Å². The van der Waals surface area contributed by atoms with Crippen LogP contribution in [0.5, 0.6) is 0 Å². The molecule has 0 spiro atoms. The lowest BCUT2D eigenvalue weighted by atomic mass is 10.1. The number of amides is 1. The van der Waals surface area contributed by atoms with Crippen LogP contribution in [-0.2, 0) is 19.7 Å². The first kappa shape index (κ1) is 12.8. The first-order valence-corrected chi connectivity index (χ1v) is 4.89. The maximum Gasteiger partial charge on any atom is 0.321 e. The lowest BCUT2D eigenvalue weighted by Gasteiger charge is -2.15. The number of hydrogen-bond acceptors (Lipinski definition) is 5. The van der Waals surface area contributed by atoms with E-state index >= 15 is 0 Å². The van der Waals surface area contributed by atoms with Crippen molar-refractivity contribution in [3.63, 3.8) is 0 Å². The number of primary amides is 1. The van der Waals surface area contributed by atoms with E-state index in [0.29, 0.717) is 0 Å². The summed E-state index contributed by atoms with van der Waals surface area (Å²) in [6, 6.07) is -1.89.